The van der Waals surface area contributed by atoms with Gasteiger partial charge in [-0.15, -0.1) is 0 Å². The Morgan fingerprint density at radius 1 is 1.24 bits per heavy atom. The van der Waals surface area contributed by atoms with Crippen molar-refractivity contribution in [3.05, 3.63) is 35.1 Å². The molecule has 2 aliphatic rings. The molecule has 0 aliphatic heterocycles. The van der Waals surface area contributed by atoms with Gasteiger partial charge in [0.15, 0.2) is 11.5 Å². The minimum absolute atomic E-state index is 0.0485. The molecule has 5 nitrogen and oxygen atoms in total. The van der Waals surface area contributed by atoms with Crippen LogP contribution in [0, 0.1) is 11.3 Å². The van der Waals surface area contributed by atoms with Crippen LogP contribution >= 0.6 is 0 Å². The smallest absolute Gasteiger partial charge is 0.161 e. The number of rotatable bonds is 4. The third-order valence-electron chi connectivity index (χ3n) is 6.07. The molecule has 1 aromatic rings. The summed E-state index contributed by atoms with van der Waals surface area (Å²) < 4.78 is 10.8. The van der Waals surface area contributed by atoms with Gasteiger partial charge in [0, 0.05) is 11.0 Å². The lowest BCUT2D eigenvalue weighted by molar-refractivity contribution is 0.0218. The Morgan fingerprint density at radius 2 is 1.96 bits per heavy atom. The lowest BCUT2D eigenvalue weighted by Gasteiger charge is -2.55. The van der Waals surface area contributed by atoms with Crippen molar-refractivity contribution < 1.29 is 19.7 Å². The molecule has 0 saturated carbocycles. The normalized spacial score (nSPS) is 30.1. The Bertz CT molecular complexity index is 697. The highest BCUT2D eigenvalue weighted by Gasteiger charge is 2.55. The number of aliphatic hydroxyl groups excluding tert-OH is 1. The maximum Gasteiger partial charge on any atom is 0.161 e. The molecule has 0 saturated heterocycles. The van der Waals surface area contributed by atoms with E-state index in [1.807, 2.05) is 18.2 Å². The summed E-state index contributed by atoms with van der Waals surface area (Å²) in [5, 5.41) is 21.6. The summed E-state index contributed by atoms with van der Waals surface area (Å²) in [6, 6.07) is 3.85. The fraction of sp³-hybridized carbons (Fsp3) is 0.600. The van der Waals surface area contributed by atoms with E-state index in [1.54, 1.807) is 14.2 Å². The zero-order chi connectivity index (χ0) is 18.4. The van der Waals surface area contributed by atoms with E-state index >= 15 is 0 Å². The first-order chi connectivity index (χ1) is 11.8. The lowest BCUT2D eigenvalue weighted by Crippen LogP contribution is -2.53. The van der Waals surface area contributed by atoms with Crippen molar-refractivity contribution >= 4 is 0 Å². The number of allylic oxidation sites excluding steroid dienone is 1. The highest BCUT2D eigenvalue weighted by Crippen LogP contribution is 2.60. The second kappa shape index (κ2) is 6.22. The number of aliphatic hydroxyl groups is 1. The Hall–Kier alpha value is -1.72. The van der Waals surface area contributed by atoms with Crippen molar-refractivity contribution in [1.29, 1.82) is 0 Å². The Kier molecular flexibility index (Phi) is 4.50. The number of aromatic hydroxyl groups is 1. The van der Waals surface area contributed by atoms with E-state index in [4.69, 9.17) is 15.2 Å². The van der Waals surface area contributed by atoms with E-state index in [0.29, 0.717) is 30.9 Å². The van der Waals surface area contributed by atoms with Gasteiger partial charge < -0.3 is 25.4 Å². The predicted molar refractivity (Wildman–Crippen MR) is 96.7 cm³/mol. The van der Waals surface area contributed by atoms with Crippen molar-refractivity contribution in [2.75, 3.05) is 20.8 Å². The molecule has 3 atom stereocenters. The number of ether oxygens (including phenoxy) is 2. The molecule has 1 aromatic carbocycles. The molecule has 0 spiro atoms. The van der Waals surface area contributed by atoms with Crippen LogP contribution in [0.2, 0.25) is 0 Å². The Balaban J connectivity index is 2.31. The highest BCUT2D eigenvalue weighted by molar-refractivity contribution is 5.57. The quantitative estimate of drug-likeness (QED) is 0.779. The van der Waals surface area contributed by atoms with Gasteiger partial charge in [0.25, 0.3) is 0 Å². The van der Waals surface area contributed by atoms with Gasteiger partial charge in [-0.3, -0.25) is 0 Å². The SMILES string of the molecule is COC1=C[C@@H]2C(C)(C)Cc3ccc(OC)c(O)c3[C@]2(CCN)CC1O. The minimum atomic E-state index is -0.708. The summed E-state index contributed by atoms with van der Waals surface area (Å²) in [5.74, 6) is 1.35. The lowest BCUT2D eigenvalue weighted by atomic mass is 9.49. The molecule has 0 heterocycles. The molecule has 25 heavy (non-hydrogen) atoms. The average molecular weight is 347 g/mol. The van der Waals surface area contributed by atoms with Gasteiger partial charge in [0.1, 0.15) is 11.9 Å². The van der Waals surface area contributed by atoms with E-state index in [9.17, 15) is 10.2 Å². The van der Waals surface area contributed by atoms with Crippen molar-refractivity contribution in [3.63, 3.8) is 0 Å². The van der Waals surface area contributed by atoms with E-state index in [2.05, 4.69) is 13.8 Å². The van der Waals surface area contributed by atoms with Gasteiger partial charge in [0.05, 0.1) is 14.2 Å². The first-order valence-corrected chi connectivity index (χ1v) is 8.84. The summed E-state index contributed by atoms with van der Waals surface area (Å²) in [6.07, 6.45) is 3.33. The topological polar surface area (TPSA) is 84.9 Å². The van der Waals surface area contributed by atoms with Crippen molar-refractivity contribution in [3.8, 4) is 11.5 Å². The van der Waals surface area contributed by atoms with Crippen molar-refractivity contribution in [1.82, 2.24) is 0 Å². The number of hydrogen-bond acceptors (Lipinski definition) is 5. The van der Waals surface area contributed by atoms with Crippen LogP contribution < -0.4 is 10.5 Å². The number of nitrogens with two attached hydrogens (primary N) is 1. The van der Waals surface area contributed by atoms with Crippen LogP contribution in [-0.2, 0) is 16.6 Å². The van der Waals surface area contributed by atoms with Crippen LogP contribution in [0.15, 0.2) is 24.0 Å². The summed E-state index contributed by atoms with van der Waals surface area (Å²) in [4.78, 5) is 0. The molecule has 3 rings (SSSR count). The van der Waals surface area contributed by atoms with Crippen LogP contribution in [0.1, 0.15) is 37.8 Å². The molecule has 4 N–H and O–H groups in total. The monoisotopic (exact) mass is 347 g/mol. The van der Waals surface area contributed by atoms with Gasteiger partial charge >= 0.3 is 0 Å². The van der Waals surface area contributed by atoms with Gasteiger partial charge in [-0.1, -0.05) is 19.9 Å². The molecule has 2 aliphatic carbocycles. The molecule has 0 amide bonds. The molecule has 0 bridgehead atoms. The summed E-state index contributed by atoms with van der Waals surface area (Å²) in [5.41, 5.74) is 7.49. The Morgan fingerprint density at radius 3 is 2.56 bits per heavy atom. The second-order valence-corrected chi connectivity index (χ2v) is 7.98. The summed E-state index contributed by atoms with van der Waals surface area (Å²) >= 11 is 0. The van der Waals surface area contributed by atoms with E-state index in [-0.39, 0.29) is 17.1 Å². The number of fused-ring (bicyclic) bond motifs is 3. The van der Waals surface area contributed by atoms with Crippen LogP contribution in [0.5, 0.6) is 11.5 Å². The minimum Gasteiger partial charge on any atom is -0.504 e. The molecule has 0 aromatic heterocycles. The molecule has 5 heteroatoms. The third-order valence-corrected chi connectivity index (χ3v) is 6.07. The molecule has 1 unspecified atom stereocenters. The molecule has 138 valence electrons. The predicted octanol–water partition coefficient (Wildman–Crippen LogP) is 2.48. The molecular formula is C20H29NO4. The largest absolute Gasteiger partial charge is 0.504 e. The number of hydrogen-bond donors (Lipinski definition) is 3. The van der Waals surface area contributed by atoms with Crippen LogP contribution in [-0.4, -0.2) is 37.1 Å². The van der Waals surface area contributed by atoms with Crippen LogP contribution in [0.25, 0.3) is 0 Å². The first-order valence-electron chi connectivity index (χ1n) is 8.84. The zero-order valence-electron chi connectivity index (χ0n) is 15.5. The highest BCUT2D eigenvalue weighted by atomic mass is 16.5. The van der Waals surface area contributed by atoms with Gasteiger partial charge in [-0.2, -0.15) is 0 Å². The second-order valence-electron chi connectivity index (χ2n) is 7.98. The van der Waals surface area contributed by atoms with E-state index in [0.717, 1.165) is 17.5 Å². The first kappa shape index (κ1) is 18.1. The average Bonchev–Trinajstić information content (AvgIpc) is 2.54. The van der Waals surface area contributed by atoms with Crippen molar-refractivity contribution in [2.45, 2.75) is 44.6 Å². The maximum atomic E-state index is 10.9. The van der Waals surface area contributed by atoms with Gasteiger partial charge in [0.2, 0.25) is 0 Å². The standard InChI is InChI=1S/C20H29NO4/c1-19(2)10-12-5-6-14(24-3)18(23)17(12)20(7-8-21)11-13(22)15(25-4)9-16(19)20/h5-6,9,13,16,22-23H,7-8,10-11,21H2,1-4H3/t13?,16-,20-/m1/s1. The molecule has 0 radical (unpaired) electrons. The van der Waals surface area contributed by atoms with E-state index in [1.165, 1.54) is 0 Å². The number of phenolic OH excluding ortho intramolecular Hbond substituents is 1. The summed E-state index contributed by atoms with van der Waals surface area (Å²) in [7, 11) is 3.15. The van der Waals surface area contributed by atoms with Crippen LogP contribution in [0.3, 0.4) is 0 Å². The number of methoxy groups -OCH3 is 2. The molecule has 0 fully saturated rings. The number of phenols is 1. The van der Waals surface area contributed by atoms with E-state index < -0.39 is 11.5 Å². The number of benzene rings is 1. The Labute approximate surface area is 149 Å². The van der Waals surface area contributed by atoms with Gasteiger partial charge in [-0.25, -0.2) is 0 Å². The maximum absolute atomic E-state index is 10.9. The molecular weight excluding hydrogens is 318 g/mol. The fourth-order valence-electron chi connectivity index (χ4n) is 5.16. The third kappa shape index (κ3) is 2.61. The van der Waals surface area contributed by atoms with Crippen molar-refractivity contribution in [2.24, 2.45) is 17.1 Å². The van der Waals surface area contributed by atoms with Gasteiger partial charge in [-0.05, 0) is 54.8 Å². The fourth-order valence-corrected chi connectivity index (χ4v) is 5.16. The summed E-state index contributed by atoms with van der Waals surface area (Å²) in [6.45, 7) is 4.94. The zero-order valence-corrected chi connectivity index (χ0v) is 15.5. The van der Waals surface area contributed by atoms with Crippen LogP contribution in [0.4, 0.5) is 0 Å².